The second kappa shape index (κ2) is 12.8. The van der Waals surface area contributed by atoms with E-state index in [1.165, 1.54) is 0 Å². The molecule has 5 aromatic carbocycles. The Hall–Kier alpha value is -5.17. The summed E-state index contributed by atoms with van der Waals surface area (Å²) in [5, 5.41) is 9.51. The summed E-state index contributed by atoms with van der Waals surface area (Å²) in [7, 11) is 0. The highest BCUT2D eigenvalue weighted by Gasteiger charge is 2.27. The quantitative estimate of drug-likeness (QED) is 0.214. The summed E-state index contributed by atoms with van der Waals surface area (Å²) < 4.78 is 5.37. The Labute approximate surface area is 238 Å². The van der Waals surface area contributed by atoms with Crippen molar-refractivity contribution in [3.8, 4) is 0 Å². The van der Waals surface area contributed by atoms with E-state index in [1.54, 1.807) is 0 Å². The Balaban J connectivity index is 1.38. The summed E-state index contributed by atoms with van der Waals surface area (Å²) in [6.07, 6.45) is -0.337. The number of nitrogens with one attached hydrogen (secondary N) is 2. The Kier molecular flexibility index (Phi) is 8.55. The smallest absolute Gasteiger partial charge is 0.408 e. The molecule has 0 radical (unpaired) electrons. The molecule has 0 aliphatic rings. The number of primary amides is 1. The first-order chi connectivity index (χ1) is 20.0. The normalized spacial score (nSPS) is 12.4. The molecule has 5 aromatic rings. The third-order valence-corrected chi connectivity index (χ3v) is 7.05. The van der Waals surface area contributed by atoms with Crippen LogP contribution in [-0.2, 0) is 33.8 Å². The average Bonchev–Trinajstić information content (AvgIpc) is 3.00. The van der Waals surface area contributed by atoms with E-state index in [2.05, 4.69) is 16.7 Å². The number of fused-ring (bicyclic) bond motifs is 2. The van der Waals surface area contributed by atoms with E-state index in [1.807, 2.05) is 109 Å². The van der Waals surface area contributed by atoms with Gasteiger partial charge in [-0.05, 0) is 44.3 Å². The standard InChI is InChI=1S/C34H31N3O4/c35-32(38)30(21-29-27-17-9-7-15-25(27)20-26-16-8-10-18-28(26)29)36-33(39)31(19-23-11-3-1-4-12-23)37-34(40)41-22-24-13-5-2-6-14-24/h1-18,20,30-31H,19,21-22H2,(H2,35,38)(H,36,39)(H,37,40)/t30-,31-/m0/s1. The lowest BCUT2D eigenvalue weighted by molar-refractivity contribution is -0.128. The zero-order chi connectivity index (χ0) is 28.6. The first kappa shape index (κ1) is 27.4. The average molecular weight is 546 g/mol. The minimum Gasteiger partial charge on any atom is -0.445 e. The maximum Gasteiger partial charge on any atom is 0.408 e. The molecule has 4 N–H and O–H groups in total. The van der Waals surface area contributed by atoms with E-state index in [-0.39, 0.29) is 19.4 Å². The molecule has 0 aliphatic heterocycles. The lowest BCUT2D eigenvalue weighted by atomic mass is 9.92. The first-order valence-corrected chi connectivity index (χ1v) is 13.5. The van der Waals surface area contributed by atoms with E-state index in [0.717, 1.165) is 38.2 Å². The molecule has 41 heavy (non-hydrogen) atoms. The number of rotatable bonds is 10. The van der Waals surface area contributed by atoms with Crippen LogP contribution in [0.5, 0.6) is 0 Å². The summed E-state index contributed by atoms with van der Waals surface area (Å²) in [4.78, 5) is 39.0. The van der Waals surface area contributed by atoms with Crippen LogP contribution in [0.3, 0.4) is 0 Å². The van der Waals surface area contributed by atoms with Gasteiger partial charge in [0.2, 0.25) is 11.8 Å². The number of carbonyl (C=O) groups is 3. The number of nitrogens with two attached hydrogens (primary N) is 1. The fourth-order valence-electron chi connectivity index (χ4n) is 4.99. The van der Waals surface area contributed by atoms with Crippen molar-refractivity contribution in [3.05, 3.63) is 132 Å². The lowest BCUT2D eigenvalue weighted by Gasteiger charge is -2.23. The number of hydrogen-bond acceptors (Lipinski definition) is 4. The molecule has 3 amide bonds. The highest BCUT2D eigenvalue weighted by molar-refractivity contribution is 6.03. The zero-order valence-corrected chi connectivity index (χ0v) is 22.5. The van der Waals surface area contributed by atoms with Crippen molar-refractivity contribution in [2.45, 2.75) is 31.5 Å². The maximum atomic E-state index is 13.6. The second-order valence-electron chi connectivity index (χ2n) is 9.91. The number of benzene rings is 5. The Morgan fingerprint density at radius 1 is 0.634 bits per heavy atom. The van der Waals surface area contributed by atoms with Gasteiger partial charge in [0.05, 0.1) is 0 Å². The highest BCUT2D eigenvalue weighted by Crippen LogP contribution is 2.29. The van der Waals surface area contributed by atoms with Gasteiger partial charge >= 0.3 is 6.09 Å². The molecule has 2 atom stereocenters. The molecule has 0 unspecified atom stereocenters. The van der Waals surface area contributed by atoms with Crippen LogP contribution >= 0.6 is 0 Å². The van der Waals surface area contributed by atoms with Crippen LogP contribution in [0.1, 0.15) is 16.7 Å². The molecule has 0 aromatic heterocycles. The van der Waals surface area contributed by atoms with Crippen LogP contribution < -0.4 is 16.4 Å². The van der Waals surface area contributed by atoms with Gasteiger partial charge in [0.25, 0.3) is 0 Å². The van der Waals surface area contributed by atoms with Crippen molar-refractivity contribution in [2.75, 3.05) is 0 Å². The Morgan fingerprint density at radius 3 is 1.76 bits per heavy atom. The van der Waals surface area contributed by atoms with E-state index >= 15 is 0 Å². The highest BCUT2D eigenvalue weighted by atomic mass is 16.5. The molecule has 0 aliphatic carbocycles. The van der Waals surface area contributed by atoms with Gasteiger partial charge < -0.3 is 21.1 Å². The van der Waals surface area contributed by atoms with E-state index in [0.29, 0.717) is 0 Å². The molecular weight excluding hydrogens is 514 g/mol. The summed E-state index contributed by atoms with van der Waals surface area (Å²) in [5.74, 6) is -1.20. The fourth-order valence-corrected chi connectivity index (χ4v) is 4.99. The summed E-state index contributed by atoms with van der Waals surface area (Å²) in [6, 6.07) is 34.5. The van der Waals surface area contributed by atoms with Crippen LogP contribution in [0.4, 0.5) is 4.79 Å². The Bertz CT molecular complexity index is 1620. The molecule has 0 heterocycles. The molecule has 0 bridgehead atoms. The summed E-state index contributed by atoms with van der Waals surface area (Å²) in [6.45, 7) is 0.0599. The molecular formula is C34H31N3O4. The molecule has 0 saturated carbocycles. The van der Waals surface area contributed by atoms with Crippen molar-refractivity contribution in [1.29, 1.82) is 0 Å². The van der Waals surface area contributed by atoms with Gasteiger partial charge in [-0.25, -0.2) is 4.79 Å². The van der Waals surface area contributed by atoms with Crippen molar-refractivity contribution in [3.63, 3.8) is 0 Å². The van der Waals surface area contributed by atoms with E-state index in [9.17, 15) is 14.4 Å². The van der Waals surface area contributed by atoms with Gasteiger partial charge in [-0.1, -0.05) is 109 Å². The third-order valence-electron chi connectivity index (χ3n) is 7.05. The van der Waals surface area contributed by atoms with Crippen LogP contribution in [0, 0.1) is 0 Å². The third kappa shape index (κ3) is 6.89. The molecule has 206 valence electrons. The van der Waals surface area contributed by atoms with Gasteiger partial charge in [0.15, 0.2) is 0 Å². The Morgan fingerprint density at radius 2 is 1.17 bits per heavy atom. The minimum atomic E-state index is -1.00. The van der Waals surface area contributed by atoms with Gasteiger partial charge in [-0.3, -0.25) is 9.59 Å². The van der Waals surface area contributed by atoms with Crippen molar-refractivity contribution in [2.24, 2.45) is 5.73 Å². The molecule has 0 fully saturated rings. The van der Waals surface area contributed by atoms with E-state index < -0.39 is 30.0 Å². The summed E-state index contributed by atoms with van der Waals surface area (Å²) >= 11 is 0. The van der Waals surface area contributed by atoms with Crippen molar-refractivity contribution < 1.29 is 19.1 Å². The zero-order valence-electron chi connectivity index (χ0n) is 22.5. The molecule has 0 spiro atoms. The number of carbonyl (C=O) groups excluding carboxylic acids is 3. The number of amides is 3. The largest absolute Gasteiger partial charge is 0.445 e. The maximum absolute atomic E-state index is 13.6. The van der Waals surface area contributed by atoms with Gasteiger partial charge in [0.1, 0.15) is 18.7 Å². The van der Waals surface area contributed by atoms with Crippen LogP contribution in [0.15, 0.2) is 115 Å². The van der Waals surface area contributed by atoms with Gasteiger partial charge in [0, 0.05) is 12.8 Å². The molecule has 5 rings (SSSR count). The topological polar surface area (TPSA) is 111 Å². The predicted molar refractivity (Wildman–Crippen MR) is 160 cm³/mol. The summed E-state index contributed by atoms with van der Waals surface area (Å²) in [5.41, 5.74) is 8.40. The van der Waals surface area contributed by atoms with Crippen molar-refractivity contribution >= 4 is 39.5 Å². The second-order valence-corrected chi connectivity index (χ2v) is 9.91. The lowest BCUT2D eigenvalue weighted by Crippen LogP contribution is -2.54. The SMILES string of the molecule is NC(=O)[C@H](Cc1c2ccccc2cc2ccccc12)NC(=O)[C@H](Cc1ccccc1)NC(=O)OCc1ccccc1. The van der Waals surface area contributed by atoms with Crippen LogP contribution in [-0.4, -0.2) is 30.0 Å². The van der Waals surface area contributed by atoms with Gasteiger partial charge in [-0.2, -0.15) is 0 Å². The predicted octanol–water partition coefficient (Wildman–Crippen LogP) is 5.04. The molecule has 7 nitrogen and oxygen atoms in total. The van der Waals surface area contributed by atoms with Crippen molar-refractivity contribution in [1.82, 2.24) is 10.6 Å². The monoisotopic (exact) mass is 545 g/mol. The molecule has 0 saturated heterocycles. The minimum absolute atomic E-state index is 0.0599. The number of hydrogen-bond donors (Lipinski definition) is 3. The van der Waals surface area contributed by atoms with Crippen LogP contribution in [0.25, 0.3) is 21.5 Å². The van der Waals surface area contributed by atoms with Crippen LogP contribution in [0.2, 0.25) is 0 Å². The fraction of sp³-hybridized carbons (Fsp3) is 0.147. The number of alkyl carbamates (subject to hydrolysis) is 1. The molecule has 7 heteroatoms. The number of ether oxygens (including phenoxy) is 1. The first-order valence-electron chi connectivity index (χ1n) is 13.5. The van der Waals surface area contributed by atoms with E-state index in [4.69, 9.17) is 10.5 Å². The van der Waals surface area contributed by atoms with Gasteiger partial charge in [-0.15, -0.1) is 0 Å².